The highest BCUT2D eigenvalue weighted by Crippen LogP contribution is 2.29. The van der Waals surface area contributed by atoms with Crippen molar-refractivity contribution in [1.29, 1.82) is 0 Å². The van der Waals surface area contributed by atoms with Gasteiger partial charge in [0.1, 0.15) is 5.82 Å². The largest absolute Gasteiger partial charge is 0.417 e. The van der Waals surface area contributed by atoms with Crippen molar-refractivity contribution in [3.63, 3.8) is 0 Å². The summed E-state index contributed by atoms with van der Waals surface area (Å²) in [7, 11) is 0. The van der Waals surface area contributed by atoms with Crippen molar-refractivity contribution in [2.75, 3.05) is 28.7 Å². The highest BCUT2D eigenvalue weighted by Gasteiger charge is 2.30. The highest BCUT2D eigenvalue weighted by molar-refractivity contribution is 7.99. The molecule has 2 heterocycles. The molecule has 0 radical (unpaired) electrons. The van der Waals surface area contributed by atoms with Crippen molar-refractivity contribution in [1.82, 2.24) is 10.3 Å². The molecule has 1 saturated heterocycles. The number of nitrogens with zero attached hydrogens (tertiary/aromatic N) is 1. The number of rotatable bonds is 5. The molecule has 0 bridgehead atoms. The summed E-state index contributed by atoms with van der Waals surface area (Å²) in [5.74, 6) is 2.25. The van der Waals surface area contributed by atoms with Crippen LogP contribution in [-0.2, 0) is 11.0 Å². The number of hydrogen-bond donors (Lipinski definition) is 3. The lowest BCUT2D eigenvalue weighted by Gasteiger charge is -2.22. The molecular weight excluding hydrogens is 448 g/mol. The fourth-order valence-corrected chi connectivity index (χ4v) is 3.56. The highest BCUT2D eigenvalue weighted by atomic mass is 35.5. The van der Waals surface area contributed by atoms with E-state index in [1.165, 1.54) is 6.07 Å². The minimum Gasteiger partial charge on any atom is -0.340 e. The first kappa shape index (κ1) is 25.4. The van der Waals surface area contributed by atoms with Crippen LogP contribution in [-0.4, -0.2) is 35.0 Å². The first-order valence-corrected chi connectivity index (χ1v) is 9.57. The Labute approximate surface area is 183 Å². The molecule has 0 aliphatic carbocycles. The smallest absolute Gasteiger partial charge is 0.340 e. The molecule has 2 aromatic rings. The summed E-state index contributed by atoms with van der Waals surface area (Å²) in [6.45, 7) is 0.918. The molecule has 1 fully saturated rings. The van der Waals surface area contributed by atoms with Gasteiger partial charge in [0.15, 0.2) is 0 Å². The van der Waals surface area contributed by atoms with Gasteiger partial charge in [-0.15, -0.1) is 24.8 Å². The van der Waals surface area contributed by atoms with Gasteiger partial charge in [-0.3, -0.25) is 4.79 Å². The quantitative estimate of drug-likeness (QED) is 0.592. The number of halogens is 5. The van der Waals surface area contributed by atoms with Crippen LogP contribution in [0.1, 0.15) is 12.0 Å². The molecular formula is C18H21Cl2F3N4OS. The van der Waals surface area contributed by atoms with Crippen molar-refractivity contribution in [3.05, 3.63) is 48.2 Å². The van der Waals surface area contributed by atoms with Gasteiger partial charge in [-0.05, 0) is 36.4 Å². The Balaban J connectivity index is 0.00000210. The lowest BCUT2D eigenvalue weighted by atomic mass is 10.2. The monoisotopic (exact) mass is 468 g/mol. The number of anilines is 3. The number of carbonyl (C=O) groups is 1. The van der Waals surface area contributed by atoms with E-state index < -0.39 is 11.7 Å². The molecule has 1 aromatic heterocycles. The second-order valence-electron chi connectivity index (χ2n) is 6.11. The maximum atomic E-state index is 12.5. The SMILES string of the molecule is Cl.Cl.O=C(CC1CSCCN1)Nc1ccc(Nc2ccc(C(F)(F)F)cn2)cc1. The van der Waals surface area contributed by atoms with Crippen LogP contribution in [0.3, 0.4) is 0 Å². The average Bonchev–Trinajstić information content (AvgIpc) is 2.64. The van der Waals surface area contributed by atoms with E-state index in [-0.39, 0.29) is 36.8 Å². The summed E-state index contributed by atoms with van der Waals surface area (Å²) in [5, 5.41) is 9.09. The first-order valence-electron chi connectivity index (χ1n) is 8.41. The van der Waals surface area contributed by atoms with E-state index in [9.17, 15) is 18.0 Å². The molecule has 29 heavy (non-hydrogen) atoms. The van der Waals surface area contributed by atoms with E-state index in [0.29, 0.717) is 23.6 Å². The number of hydrogen-bond acceptors (Lipinski definition) is 5. The molecule has 160 valence electrons. The molecule has 5 nitrogen and oxygen atoms in total. The predicted octanol–water partition coefficient (Wildman–Crippen LogP) is 4.72. The molecule has 1 aliphatic rings. The third kappa shape index (κ3) is 7.93. The van der Waals surface area contributed by atoms with E-state index in [0.717, 1.165) is 30.3 Å². The van der Waals surface area contributed by atoms with Gasteiger partial charge in [0.2, 0.25) is 5.91 Å². The Morgan fingerprint density at radius 3 is 2.38 bits per heavy atom. The lowest BCUT2D eigenvalue weighted by Crippen LogP contribution is -2.39. The van der Waals surface area contributed by atoms with Crippen LogP contribution in [0.15, 0.2) is 42.6 Å². The Kier molecular flexibility index (Phi) is 10.0. The van der Waals surface area contributed by atoms with Gasteiger partial charge < -0.3 is 16.0 Å². The topological polar surface area (TPSA) is 66.1 Å². The summed E-state index contributed by atoms with van der Waals surface area (Å²) < 4.78 is 37.6. The Bertz CT molecular complexity index is 770. The van der Waals surface area contributed by atoms with Crippen LogP contribution in [0.5, 0.6) is 0 Å². The summed E-state index contributed by atoms with van der Waals surface area (Å²) in [4.78, 5) is 15.9. The number of benzene rings is 1. The van der Waals surface area contributed by atoms with Crippen LogP contribution >= 0.6 is 36.6 Å². The summed E-state index contributed by atoms with van der Waals surface area (Å²) in [5.41, 5.74) is 0.525. The zero-order chi connectivity index (χ0) is 19.3. The van der Waals surface area contributed by atoms with Crippen molar-refractivity contribution in [2.45, 2.75) is 18.6 Å². The number of thioether (sulfide) groups is 1. The van der Waals surface area contributed by atoms with Crippen molar-refractivity contribution < 1.29 is 18.0 Å². The van der Waals surface area contributed by atoms with Crippen molar-refractivity contribution >= 4 is 59.7 Å². The van der Waals surface area contributed by atoms with Crippen LogP contribution < -0.4 is 16.0 Å². The van der Waals surface area contributed by atoms with Gasteiger partial charge >= 0.3 is 6.18 Å². The molecule has 1 amide bonds. The van der Waals surface area contributed by atoms with Gasteiger partial charge in [-0.25, -0.2) is 4.98 Å². The van der Waals surface area contributed by atoms with Crippen LogP contribution in [0.4, 0.5) is 30.4 Å². The van der Waals surface area contributed by atoms with Gasteiger partial charge in [0, 0.05) is 48.1 Å². The standard InChI is InChI=1S/C18H19F3N4OS.2ClH/c19-18(20,21)12-1-6-16(23-10-12)24-13-2-4-14(5-3-13)25-17(26)9-15-11-27-8-7-22-15;;/h1-6,10,15,22H,7-9,11H2,(H,23,24)(H,25,26);2*1H. The molecule has 1 unspecified atom stereocenters. The number of aromatic nitrogens is 1. The number of pyridine rings is 1. The van der Waals surface area contributed by atoms with E-state index in [1.54, 1.807) is 24.3 Å². The fourth-order valence-electron chi connectivity index (χ4n) is 2.61. The summed E-state index contributed by atoms with van der Waals surface area (Å²) in [6, 6.07) is 9.35. The molecule has 11 heteroatoms. The second kappa shape index (κ2) is 11.5. The second-order valence-corrected chi connectivity index (χ2v) is 7.26. The van der Waals surface area contributed by atoms with Crippen molar-refractivity contribution in [3.8, 4) is 0 Å². The van der Waals surface area contributed by atoms with Crippen LogP contribution in [0.25, 0.3) is 0 Å². The first-order chi connectivity index (χ1) is 12.9. The number of nitrogens with one attached hydrogen (secondary N) is 3. The Hall–Kier alpha value is -1.68. The maximum Gasteiger partial charge on any atom is 0.417 e. The Morgan fingerprint density at radius 1 is 1.14 bits per heavy atom. The molecule has 1 aromatic carbocycles. The fraction of sp³-hybridized carbons (Fsp3) is 0.333. The third-order valence-electron chi connectivity index (χ3n) is 3.96. The van der Waals surface area contributed by atoms with E-state index in [4.69, 9.17) is 0 Å². The number of carbonyl (C=O) groups excluding carboxylic acids is 1. The minimum absolute atomic E-state index is 0. The van der Waals surface area contributed by atoms with E-state index in [2.05, 4.69) is 20.9 Å². The Morgan fingerprint density at radius 2 is 1.83 bits per heavy atom. The van der Waals surface area contributed by atoms with E-state index >= 15 is 0 Å². The van der Waals surface area contributed by atoms with Gasteiger partial charge in [0.25, 0.3) is 0 Å². The molecule has 1 atom stereocenters. The van der Waals surface area contributed by atoms with Crippen molar-refractivity contribution in [2.24, 2.45) is 0 Å². The molecule has 1 aliphatic heterocycles. The maximum absolute atomic E-state index is 12.5. The predicted molar refractivity (Wildman–Crippen MR) is 116 cm³/mol. The van der Waals surface area contributed by atoms with Crippen LogP contribution in [0, 0.1) is 0 Å². The molecule has 3 N–H and O–H groups in total. The minimum atomic E-state index is -4.41. The zero-order valence-corrected chi connectivity index (χ0v) is 17.6. The average molecular weight is 469 g/mol. The number of alkyl halides is 3. The summed E-state index contributed by atoms with van der Waals surface area (Å²) >= 11 is 1.84. The molecule has 0 saturated carbocycles. The summed E-state index contributed by atoms with van der Waals surface area (Å²) in [6.07, 6.45) is -3.20. The normalized spacial score (nSPS) is 16.2. The van der Waals surface area contributed by atoms with Gasteiger partial charge in [-0.2, -0.15) is 24.9 Å². The lowest BCUT2D eigenvalue weighted by molar-refractivity contribution is -0.137. The van der Waals surface area contributed by atoms with Gasteiger partial charge in [-0.1, -0.05) is 0 Å². The molecule has 3 rings (SSSR count). The third-order valence-corrected chi connectivity index (χ3v) is 5.09. The van der Waals surface area contributed by atoms with Gasteiger partial charge in [0.05, 0.1) is 5.56 Å². The zero-order valence-electron chi connectivity index (χ0n) is 15.2. The van der Waals surface area contributed by atoms with E-state index in [1.807, 2.05) is 11.8 Å². The number of amides is 1. The molecule has 0 spiro atoms. The van der Waals surface area contributed by atoms with Crippen LogP contribution in [0.2, 0.25) is 0 Å².